The molecule has 0 radical (unpaired) electrons. The van der Waals surface area contributed by atoms with E-state index in [0.717, 1.165) is 13.0 Å². The van der Waals surface area contributed by atoms with E-state index in [9.17, 15) is 4.79 Å². The minimum Gasteiger partial charge on any atom is -0.468 e. The molecular weight excluding hydrogens is 192 g/mol. The number of methoxy groups -OCH3 is 1. The van der Waals surface area contributed by atoms with Crippen LogP contribution in [0.2, 0.25) is 0 Å². The van der Waals surface area contributed by atoms with Crippen LogP contribution in [-0.4, -0.2) is 50.7 Å². The maximum absolute atomic E-state index is 11.1. The number of ether oxygens (including phenoxy) is 1. The molecule has 5 heteroatoms. The predicted molar refractivity (Wildman–Crippen MR) is 53.1 cm³/mol. The fourth-order valence-electron chi connectivity index (χ4n) is 1.43. The summed E-state index contributed by atoms with van der Waals surface area (Å²) in [4.78, 5) is 13.2. The van der Waals surface area contributed by atoms with E-state index in [0.29, 0.717) is 6.04 Å². The summed E-state index contributed by atoms with van der Waals surface area (Å²) in [5.41, 5.74) is 0. The van der Waals surface area contributed by atoms with Gasteiger partial charge >= 0.3 is 5.97 Å². The highest BCUT2D eigenvalue weighted by Crippen LogP contribution is 2.11. The molecule has 0 unspecified atom stereocenters. The molecule has 78 valence electrons. The number of hydrogen-bond donors (Lipinski definition) is 1. The number of nitrogens with one attached hydrogen (secondary N) is 1. The Morgan fingerprint density at radius 3 is 2.54 bits per heavy atom. The van der Waals surface area contributed by atoms with E-state index in [-0.39, 0.29) is 24.4 Å². The molecular formula is C8H17ClN2O2. The molecule has 1 heterocycles. The first-order chi connectivity index (χ1) is 5.65. The molecule has 2 atom stereocenters. The van der Waals surface area contributed by atoms with Gasteiger partial charge in [0.25, 0.3) is 0 Å². The first-order valence-electron chi connectivity index (χ1n) is 4.12. The van der Waals surface area contributed by atoms with Gasteiger partial charge in [-0.2, -0.15) is 0 Å². The maximum Gasteiger partial charge on any atom is 0.322 e. The van der Waals surface area contributed by atoms with Crippen molar-refractivity contribution in [3.8, 4) is 0 Å². The van der Waals surface area contributed by atoms with Crippen LogP contribution in [0.1, 0.15) is 6.42 Å². The third kappa shape index (κ3) is 3.14. The maximum atomic E-state index is 11.1. The molecule has 0 aromatic rings. The number of likely N-dealkylation sites (N-methyl/N-ethyl adjacent to an activating group) is 1. The van der Waals surface area contributed by atoms with Gasteiger partial charge in [-0.25, -0.2) is 0 Å². The van der Waals surface area contributed by atoms with Crippen LogP contribution in [0, 0.1) is 0 Å². The second kappa shape index (κ2) is 5.42. The van der Waals surface area contributed by atoms with Gasteiger partial charge in [-0.3, -0.25) is 4.79 Å². The Morgan fingerprint density at radius 2 is 2.15 bits per heavy atom. The van der Waals surface area contributed by atoms with E-state index >= 15 is 0 Å². The Hall–Kier alpha value is -0.320. The zero-order chi connectivity index (χ0) is 9.14. The van der Waals surface area contributed by atoms with Crippen molar-refractivity contribution < 1.29 is 9.53 Å². The summed E-state index contributed by atoms with van der Waals surface area (Å²) in [6, 6.07) is 0.344. The number of halogens is 1. The van der Waals surface area contributed by atoms with Crippen LogP contribution < -0.4 is 5.32 Å². The van der Waals surface area contributed by atoms with E-state index in [1.807, 2.05) is 14.1 Å². The van der Waals surface area contributed by atoms with E-state index in [1.165, 1.54) is 7.11 Å². The number of hydrogen-bond acceptors (Lipinski definition) is 4. The summed E-state index contributed by atoms with van der Waals surface area (Å²) >= 11 is 0. The zero-order valence-corrected chi connectivity index (χ0v) is 9.06. The molecule has 1 saturated heterocycles. The van der Waals surface area contributed by atoms with Crippen LogP contribution in [0.5, 0.6) is 0 Å². The molecule has 0 amide bonds. The number of rotatable bonds is 2. The molecule has 13 heavy (non-hydrogen) atoms. The van der Waals surface area contributed by atoms with Crippen LogP contribution in [0.4, 0.5) is 0 Å². The second-order valence-electron chi connectivity index (χ2n) is 3.34. The van der Waals surface area contributed by atoms with Crippen molar-refractivity contribution in [3.63, 3.8) is 0 Å². The summed E-state index contributed by atoms with van der Waals surface area (Å²) in [5, 5.41) is 3.12. The van der Waals surface area contributed by atoms with Gasteiger partial charge < -0.3 is 15.0 Å². The second-order valence-corrected chi connectivity index (χ2v) is 3.34. The summed E-state index contributed by atoms with van der Waals surface area (Å²) in [5.74, 6) is -0.153. The van der Waals surface area contributed by atoms with Crippen molar-refractivity contribution in [1.82, 2.24) is 10.2 Å². The number of esters is 1. The monoisotopic (exact) mass is 208 g/mol. The average Bonchev–Trinajstić information content (AvgIpc) is 2.51. The molecule has 1 aliphatic rings. The Balaban J connectivity index is 0.00000144. The van der Waals surface area contributed by atoms with Crippen LogP contribution in [-0.2, 0) is 9.53 Å². The summed E-state index contributed by atoms with van der Waals surface area (Å²) in [6.07, 6.45) is 0.847. The fourth-order valence-corrected chi connectivity index (χ4v) is 1.43. The first kappa shape index (κ1) is 12.7. The van der Waals surface area contributed by atoms with Gasteiger partial charge in [-0.15, -0.1) is 12.4 Å². The standard InChI is InChI=1S/C8H16N2O2.ClH/c1-10(2)6-4-7(9-5-6)8(11)12-3;/h6-7,9H,4-5H2,1-3H3;1H/t6-,7-;/m0./s1. The quantitative estimate of drug-likeness (QED) is 0.643. The van der Waals surface area contributed by atoms with Crippen molar-refractivity contribution in [2.45, 2.75) is 18.5 Å². The van der Waals surface area contributed by atoms with Crippen LogP contribution in [0.3, 0.4) is 0 Å². The summed E-state index contributed by atoms with van der Waals surface area (Å²) < 4.78 is 4.64. The molecule has 1 aliphatic heterocycles. The Kier molecular flexibility index (Phi) is 5.29. The lowest BCUT2D eigenvalue weighted by Crippen LogP contribution is -2.31. The Morgan fingerprint density at radius 1 is 1.54 bits per heavy atom. The third-order valence-corrected chi connectivity index (χ3v) is 2.32. The van der Waals surface area contributed by atoms with Crippen molar-refractivity contribution in [3.05, 3.63) is 0 Å². The zero-order valence-electron chi connectivity index (χ0n) is 8.24. The highest BCUT2D eigenvalue weighted by atomic mass is 35.5. The predicted octanol–water partition coefficient (Wildman–Crippen LogP) is -0.127. The van der Waals surface area contributed by atoms with E-state index in [4.69, 9.17) is 0 Å². The largest absolute Gasteiger partial charge is 0.468 e. The van der Waals surface area contributed by atoms with Gasteiger partial charge in [-0.05, 0) is 20.5 Å². The fraction of sp³-hybridized carbons (Fsp3) is 0.875. The highest BCUT2D eigenvalue weighted by Gasteiger charge is 2.30. The average molecular weight is 209 g/mol. The molecule has 0 aromatic carbocycles. The molecule has 0 aliphatic carbocycles. The molecule has 0 saturated carbocycles. The minimum absolute atomic E-state index is 0. The van der Waals surface area contributed by atoms with Crippen LogP contribution in [0.25, 0.3) is 0 Å². The number of carbonyl (C=O) groups is 1. The number of carbonyl (C=O) groups excluding carboxylic acids is 1. The number of nitrogens with zero attached hydrogens (tertiary/aromatic N) is 1. The summed E-state index contributed by atoms with van der Waals surface area (Å²) in [6.45, 7) is 0.868. The Labute approximate surface area is 85.0 Å². The minimum atomic E-state index is -0.153. The van der Waals surface area contributed by atoms with Gasteiger partial charge in [0.2, 0.25) is 0 Å². The van der Waals surface area contributed by atoms with E-state index in [1.54, 1.807) is 0 Å². The van der Waals surface area contributed by atoms with E-state index < -0.39 is 0 Å². The van der Waals surface area contributed by atoms with E-state index in [2.05, 4.69) is 15.0 Å². The third-order valence-electron chi connectivity index (χ3n) is 2.32. The van der Waals surface area contributed by atoms with Gasteiger partial charge in [0.05, 0.1) is 7.11 Å². The Bertz CT molecular complexity index is 176. The van der Waals surface area contributed by atoms with Crippen molar-refractivity contribution >= 4 is 18.4 Å². The normalized spacial score (nSPS) is 27.1. The topological polar surface area (TPSA) is 41.6 Å². The van der Waals surface area contributed by atoms with Crippen LogP contribution in [0.15, 0.2) is 0 Å². The lowest BCUT2D eigenvalue weighted by molar-refractivity contribution is -0.142. The van der Waals surface area contributed by atoms with Crippen molar-refractivity contribution in [1.29, 1.82) is 0 Å². The SMILES string of the molecule is COC(=O)[C@@H]1C[C@H](N(C)C)CN1.Cl. The molecule has 0 aromatic heterocycles. The molecule has 1 N–H and O–H groups in total. The van der Waals surface area contributed by atoms with Crippen molar-refractivity contribution in [2.24, 2.45) is 0 Å². The van der Waals surface area contributed by atoms with Gasteiger partial charge in [-0.1, -0.05) is 0 Å². The molecule has 0 bridgehead atoms. The lowest BCUT2D eigenvalue weighted by Gasteiger charge is -2.17. The molecule has 1 fully saturated rings. The lowest BCUT2D eigenvalue weighted by atomic mass is 10.1. The molecule has 0 spiro atoms. The first-order valence-corrected chi connectivity index (χ1v) is 4.12. The van der Waals surface area contributed by atoms with Gasteiger partial charge in [0, 0.05) is 12.6 Å². The smallest absolute Gasteiger partial charge is 0.322 e. The highest BCUT2D eigenvalue weighted by molar-refractivity contribution is 5.85. The van der Waals surface area contributed by atoms with Crippen molar-refractivity contribution in [2.75, 3.05) is 27.7 Å². The van der Waals surface area contributed by atoms with Crippen LogP contribution >= 0.6 is 12.4 Å². The molecule has 1 rings (SSSR count). The van der Waals surface area contributed by atoms with Gasteiger partial charge in [0.1, 0.15) is 6.04 Å². The van der Waals surface area contributed by atoms with Gasteiger partial charge in [0.15, 0.2) is 0 Å². The summed E-state index contributed by atoms with van der Waals surface area (Å²) in [7, 11) is 5.46. The molecule has 4 nitrogen and oxygen atoms in total.